The third-order valence-electron chi connectivity index (χ3n) is 1.83. The molecule has 0 aliphatic heterocycles. The first kappa shape index (κ1) is 9.64. The van der Waals surface area contributed by atoms with Gasteiger partial charge in [-0.1, -0.05) is 6.92 Å². The van der Waals surface area contributed by atoms with Gasteiger partial charge in [-0.2, -0.15) is 0 Å². The average molecular weight is 277 g/mol. The van der Waals surface area contributed by atoms with Crippen LogP contribution in [0.15, 0.2) is 12.1 Å². The minimum absolute atomic E-state index is 0.845. The highest BCUT2D eigenvalue weighted by molar-refractivity contribution is 14.1. The molecule has 1 aromatic rings. The van der Waals surface area contributed by atoms with Gasteiger partial charge in [0.05, 0.1) is 12.8 Å². The van der Waals surface area contributed by atoms with Gasteiger partial charge in [0, 0.05) is 9.13 Å². The van der Waals surface area contributed by atoms with Gasteiger partial charge >= 0.3 is 0 Å². The Kier molecular flexibility index (Phi) is 3.20. The Bertz CT molecular complexity index is 286. The van der Waals surface area contributed by atoms with Crippen molar-refractivity contribution >= 4 is 28.3 Å². The maximum Gasteiger partial charge on any atom is 0.124 e. The summed E-state index contributed by atoms with van der Waals surface area (Å²) in [6.45, 7) is 2.07. The standard InChI is InChI=1S/C9H12INO/c1-3-6-8(12-2)5-4-7(10)9(6)11/h4-5H,3,11H2,1-2H3. The lowest BCUT2D eigenvalue weighted by atomic mass is 10.1. The van der Waals surface area contributed by atoms with Gasteiger partial charge in [-0.05, 0) is 41.1 Å². The second-order valence-electron chi connectivity index (χ2n) is 2.50. The fourth-order valence-electron chi connectivity index (χ4n) is 1.17. The van der Waals surface area contributed by atoms with Crippen LogP contribution in [-0.2, 0) is 6.42 Å². The van der Waals surface area contributed by atoms with E-state index in [0.29, 0.717) is 0 Å². The van der Waals surface area contributed by atoms with E-state index >= 15 is 0 Å². The lowest BCUT2D eigenvalue weighted by molar-refractivity contribution is 0.410. The Morgan fingerprint density at radius 2 is 2.17 bits per heavy atom. The second-order valence-corrected chi connectivity index (χ2v) is 3.66. The van der Waals surface area contributed by atoms with Gasteiger partial charge < -0.3 is 10.5 Å². The molecule has 0 heterocycles. The fraction of sp³-hybridized carbons (Fsp3) is 0.333. The number of halogens is 1. The van der Waals surface area contributed by atoms with Gasteiger partial charge in [0.25, 0.3) is 0 Å². The normalized spacial score (nSPS) is 9.92. The van der Waals surface area contributed by atoms with Crippen LogP contribution in [0.25, 0.3) is 0 Å². The van der Waals surface area contributed by atoms with E-state index in [2.05, 4.69) is 29.5 Å². The molecule has 12 heavy (non-hydrogen) atoms. The summed E-state index contributed by atoms with van der Waals surface area (Å²) in [6.07, 6.45) is 0.909. The van der Waals surface area contributed by atoms with E-state index in [0.717, 1.165) is 27.0 Å². The minimum Gasteiger partial charge on any atom is -0.496 e. The van der Waals surface area contributed by atoms with E-state index in [4.69, 9.17) is 10.5 Å². The van der Waals surface area contributed by atoms with Crippen molar-refractivity contribution in [2.24, 2.45) is 0 Å². The molecular formula is C9H12INO. The molecular weight excluding hydrogens is 265 g/mol. The quantitative estimate of drug-likeness (QED) is 0.665. The summed E-state index contributed by atoms with van der Waals surface area (Å²) in [5, 5.41) is 0. The number of hydrogen-bond donors (Lipinski definition) is 1. The molecule has 2 nitrogen and oxygen atoms in total. The predicted octanol–water partition coefficient (Wildman–Crippen LogP) is 2.44. The predicted molar refractivity (Wildman–Crippen MR) is 59.5 cm³/mol. The SMILES string of the molecule is CCc1c(OC)ccc(I)c1N. The van der Waals surface area contributed by atoms with Crippen molar-refractivity contribution in [2.45, 2.75) is 13.3 Å². The molecule has 0 fully saturated rings. The average Bonchev–Trinajstić information content (AvgIpc) is 2.09. The number of nitrogen functional groups attached to an aromatic ring is 1. The van der Waals surface area contributed by atoms with Crippen LogP contribution in [0.3, 0.4) is 0 Å². The van der Waals surface area contributed by atoms with Crippen LogP contribution in [0.4, 0.5) is 5.69 Å². The molecule has 0 radical (unpaired) electrons. The highest BCUT2D eigenvalue weighted by Gasteiger charge is 2.07. The Balaban J connectivity index is 3.25. The molecule has 0 amide bonds. The third kappa shape index (κ3) is 1.65. The molecule has 0 unspecified atom stereocenters. The topological polar surface area (TPSA) is 35.2 Å². The van der Waals surface area contributed by atoms with E-state index < -0.39 is 0 Å². The van der Waals surface area contributed by atoms with Crippen molar-refractivity contribution in [1.82, 2.24) is 0 Å². The lowest BCUT2D eigenvalue weighted by Crippen LogP contribution is -1.99. The van der Waals surface area contributed by atoms with E-state index in [1.54, 1.807) is 7.11 Å². The molecule has 66 valence electrons. The molecule has 0 atom stereocenters. The van der Waals surface area contributed by atoms with Crippen LogP contribution in [0.5, 0.6) is 5.75 Å². The van der Waals surface area contributed by atoms with Crippen molar-refractivity contribution in [3.05, 3.63) is 21.3 Å². The van der Waals surface area contributed by atoms with Crippen LogP contribution in [0.1, 0.15) is 12.5 Å². The van der Waals surface area contributed by atoms with Gasteiger partial charge in [-0.15, -0.1) is 0 Å². The molecule has 0 saturated heterocycles. The summed E-state index contributed by atoms with van der Waals surface area (Å²) in [6, 6.07) is 3.92. The van der Waals surface area contributed by atoms with Gasteiger partial charge in [0.1, 0.15) is 5.75 Å². The van der Waals surface area contributed by atoms with Gasteiger partial charge in [-0.25, -0.2) is 0 Å². The number of nitrogens with two attached hydrogens (primary N) is 1. The largest absolute Gasteiger partial charge is 0.496 e. The molecule has 1 rings (SSSR count). The van der Waals surface area contributed by atoms with Gasteiger partial charge in [0.15, 0.2) is 0 Å². The zero-order chi connectivity index (χ0) is 9.14. The monoisotopic (exact) mass is 277 g/mol. The van der Waals surface area contributed by atoms with Crippen LogP contribution >= 0.6 is 22.6 Å². The zero-order valence-corrected chi connectivity index (χ0v) is 9.38. The lowest BCUT2D eigenvalue weighted by Gasteiger charge is -2.10. The number of hydrogen-bond acceptors (Lipinski definition) is 2. The molecule has 0 spiro atoms. The molecule has 0 aromatic heterocycles. The highest BCUT2D eigenvalue weighted by atomic mass is 127. The molecule has 3 heteroatoms. The summed E-state index contributed by atoms with van der Waals surface area (Å²) < 4.78 is 6.28. The van der Waals surface area contributed by atoms with Crippen LogP contribution in [0.2, 0.25) is 0 Å². The summed E-state index contributed by atoms with van der Waals surface area (Å²) >= 11 is 2.23. The van der Waals surface area contributed by atoms with Crippen LogP contribution in [-0.4, -0.2) is 7.11 Å². The maximum absolute atomic E-state index is 5.88. The third-order valence-corrected chi connectivity index (χ3v) is 2.78. The molecule has 0 aliphatic rings. The minimum atomic E-state index is 0.845. The van der Waals surface area contributed by atoms with Crippen molar-refractivity contribution in [1.29, 1.82) is 0 Å². The molecule has 1 aromatic carbocycles. The van der Waals surface area contributed by atoms with E-state index in [1.165, 1.54) is 0 Å². The Morgan fingerprint density at radius 3 is 2.67 bits per heavy atom. The van der Waals surface area contributed by atoms with Gasteiger partial charge in [-0.3, -0.25) is 0 Å². The van der Waals surface area contributed by atoms with Crippen molar-refractivity contribution < 1.29 is 4.74 Å². The Hall–Kier alpha value is -0.450. The summed E-state index contributed by atoms with van der Waals surface area (Å²) in [5.41, 5.74) is 7.83. The first-order chi connectivity index (χ1) is 5.70. The van der Waals surface area contributed by atoms with E-state index in [1.807, 2.05) is 12.1 Å². The summed E-state index contributed by atoms with van der Waals surface area (Å²) in [4.78, 5) is 0. The first-order valence-corrected chi connectivity index (χ1v) is 4.89. The van der Waals surface area contributed by atoms with Crippen molar-refractivity contribution in [3.63, 3.8) is 0 Å². The smallest absolute Gasteiger partial charge is 0.124 e. The van der Waals surface area contributed by atoms with E-state index in [-0.39, 0.29) is 0 Å². The molecule has 2 N–H and O–H groups in total. The summed E-state index contributed by atoms with van der Waals surface area (Å²) in [5.74, 6) is 0.885. The van der Waals surface area contributed by atoms with Crippen LogP contribution in [0, 0.1) is 3.57 Å². The first-order valence-electron chi connectivity index (χ1n) is 3.81. The zero-order valence-electron chi connectivity index (χ0n) is 7.23. The number of rotatable bonds is 2. The molecule has 0 aliphatic carbocycles. The maximum atomic E-state index is 5.88. The number of methoxy groups -OCH3 is 1. The Morgan fingerprint density at radius 1 is 1.50 bits per heavy atom. The number of ether oxygens (including phenoxy) is 1. The second kappa shape index (κ2) is 3.98. The van der Waals surface area contributed by atoms with Crippen molar-refractivity contribution in [3.8, 4) is 5.75 Å². The molecule has 0 bridgehead atoms. The van der Waals surface area contributed by atoms with Crippen LogP contribution < -0.4 is 10.5 Å². The Labute approximate surface area is 86.2 Å². The van der Waals surface area contributed by atoms with E-state index in [9.17, 15) is 0 Å². The number of anilines is 1. The highest BCUT2D eigenvalue weighted by Crippen LogP contribution is 2.28. The van der Waals surface area contributed by atoms with Gasteiger partial charge in [0.2, 0.25) is 0 Å². The fourth-order valence-corrected chi connectivity index (χ4v) is 1.68. The number of benzene rings is 1. The summed E-state index contributed by atoms with van der Waals surface area (Å²) in [7, 11) is 1.67. The molecule has 0 saturated carbocycles. The van der Waals surface area contributed by atoms with Crippen molar-refractivity contribution in [2.75, 3.05) is 12.8 Å².